The number of benzene rings is 2. The molecule has 23 heavy (non-hydrogen) atoms. The predicted octanol–water partition coefficient (Wildman–Crippen LogP) is 2.50. The van der Waals surface area contributed by atoms with Crippen molar-refractivity contribution >= 4 is 22.7 Å². The first-order chi connectivity index (χ1) is 11.0. The van der Waals surface area contributed by atoms with Crippen molar-refractivity contribution < 1.29 is 29.3 Å². The van der Waals surface area contributed by atoms with Crippen molar-refractivity contribution in [2.45, 2.75) is 19.8 Å². The molecule has 0 unspecified atom stereocenters. The molecule has 0 spiro atoms. The SMILES string of the molecule is CCOC(=O)COc1ccc2ccc(O)c(CCC(=O)O)c2c1. The molecular formula is C17H18O6. The summed E-state index contributed by atoms with van der Waals surface area (Å²) in [4.78, 5) is 22.1. The Balaban J connectivity index is 2.27. The van der Waals surface area contributed by atoms with E-state index in [0.717, 1.165) is 5.39 Å². The van der Waals surface area contributed by atoms with Gasteiger partial charge >= 0.3 is 11.9 Å². The molecule has 6 nitrogen and oxygen atoms in total. The monoisotopic (exact) mass is 318 g/mol. The first-order valence-electron chi connectivity index (χ1n) is 7.26. The number of hydrogen-bond donors (Lipinski definition) is 2. The number of phenols is 1. The van der Waals surface area contributed by atoms with Gasteiger partial charge in [-0.05, 0) is 42.3 Å². The Kier molecular flexibility index (Phi) is 5.41. The second kappa shape index (κ2) is 7.49. The standard InChI is InChI=1S/C17H18O6/c1-2-22-17(21)10-23-12-5-3-11-4-7-15(18)13(14(11)9-12)6-8-16(19)20/h3-5,7,9,18H,2,6,8,10H2,1H3,(H,19,20). The summed E-state index contributed by atoms with van der Waals surface area (Å²) in [7, 11) is 0. The van der Waals surface area contributed by atoms with Gasteiger partial charge in [-0.15, -0.1) is 0 Å². The minimum Gasteiger partial charge on any atom is -0.508 e. The summed E-state index contributed by atoms with van der Waals surface area (Å²) in [5.74, 6) is -0.903. The van der Waals surface area contributed by atoms with Gasteiger partial charge in [0.1, 0.15) is 11.5 Å². The molecule has 2 aromatic carbocycles. The highest BCUT2D eigenvalue weighted by atomic mass is 16.6. The quantitative estimate of drug-likeness (QED) is 0.762. The summed E-state index contributed by atoms with van der Waals surface area (Å²) < 4.78 is 10.2. The molecule has 0 radical (unpaired) electrons. The highest BCUT2D eigenvalue weighted by Crippen LogP contribution is 2.31. The number of ether oxygens (including phenoxy) is 2. The number of carboxylic acids is 1. The molecule has 2 N–H and O–H groups in total. The normalized spacial score (nSPS) is 10.5. The lowest BCUT2D eigenvalue weighted by Crippen LogP contribution is -2.14. The number of carbonyl (C=O) groups excluding carboxylic acids is 1. The minimum atomic E-state index is -0.934. The van der Waals surface area contributed by atoms with Crippen molar-refractivity contribution in [2.24, 2.45) is 0 Å². The molecule has 0 aliphatic rings. The van der Waals surface area contributed by atoms with E-state index in [-0.39, 0.29) is 31.8 Å². The largest absolute Gasteiger partial charge is 0.508 e. The van der Waals surface area contributed by atoms with E-state index in [4.69, 9.17) is 14.6 Å². The average Bonchev–Trinajstić information content (AvgIpc) is 2.52. The molecule has 0 bridgehead atoms. The van der Waals surface area contributed by atoms with Crippen LogP contribution in [0.15, 0.2) is 30.3 Å². The van der Waals surface area contributed by atoms with Crippen molar-refractivity contribution in [1.82, 2.24) is 0 Å². The van der Waals surface area contributed by atoms with Crippen LogP contribution in [0.1, 0.15) is 18.9 Å². The number of rotatable bonds is 7. The van der Waals surface area contributed by atoms with Crippen molar-refractivity contribution in [3.8, 4) is 11.5 Å². The van der Waals surface area contributed by atoms with Gasteiger partial charge in [-0.25, -0.2) is 4.79 Å². The number of carboxylic acid groups (broad SMARTS) is 1. The molecule has 122 valence electrons. The van der Waals surface area contributed by atoms with Crippen molar-refractivity contribution in [2.75, 3.05) is 13.2 Å². The Morgan fingerprint density at radius 3 is 2.61 bits per heavy atom. The average molecular weight is 318 g/mol. The first kappa shape index (κ1) is 16.6. The fourth-order valence-electron chi connectivity index (χ4n) is 2.28. The van der Waals surface area contributed by atoms with Crippen LogP contribution < -0.4 is 4.74 Å². The fraction of sp³-hybridized carbons (Fsp3) is 0.294. The second-order valence-electron chi connectivity index (χ2n) is 4.93. The van der Waals surface area contributed by atoms with Gasteiger partial charge in [0.25, 0.3) is 0 Å². The number of fused-ring (bicyclic) bond motifs is 1. The zero-order chi connectivity index (χ0) is 16.8. The molecule has 0 atom stereocenters. The molecule has 0 saturated heterocycles. The van der Waals surface area contributed by atoms with Gasteiger partial charge in [-0.3, -0.25) is 4.79 Å². The molecule has 0 heterocycles. The predicted molar refractivity (Wildman–Crippen MR) is 83.7 cm³/mol. The van der Waals surface area contributed by atoms with Crippen LogP contribution in [0.25, 0.3) is 10.8 Å². The van der Waals surface area contributed by atoms with Crippen molar-refractivity contribution in [3.63, 3.8) is 0 Å². The number of esters is 1. The number of hydrogen-bond acceptors (Lipinski definition) is 5. The molecule has 0 saturated carbocycles. The molecule has 0 amide bonds. The Labute approximate surface area is 133 Å². The maximum Gasteiger partial charge on any atom is 0.344 e. The van der Waals surface area contributed by atoms with E-state index in [0.29, 0.717) is 16.7 Å². The Morgan fingerprint density at radius 1 is 1.17 bits per heavy atom. The third-order valence-electron chi connectivity index (χ3n) is 3.33. The lowest BCUT2D eigenvalue weighted by atomic mass is 9.99. The van der Waals surface area contributed by atoms with E-state index < -0.39 is 11.9 Å². The molecule has 0 aliphatic carbocycles. The van der Waals surface area contributed by atoms with E-state index in [1.54, 1.807) is 37.3 Å². The molecule has 6 heteroatoms. The van der Waals surface area contributed by atoms with Crippen LogP contribution in [-0.2, 0) is 20.7 Å². The number of aromatic hydroxyl groups is 1. The third-order valence-corrected chi connectivity index (χ3v) is 3.33. The van der Waals surface area contributed by atoms with Gasteiger partial charge in [-0.1, -0.05) is 12.1 Å². The van der Waals surface area contributed by atoms with E-state index in [1.807, 2.05) is 0 Å². The minimum absolute atomic E-state index is 0.0429. The van der Waals surface area contributed by atoms with Gasteiger partial charge in [0.2, 0.25) is 0 Å². The first-order valence-corrected chi connectivity index (χ1v) is 7.26. The molecule has 2 aromatic rings. The number of phenolic OH excluding ortho intramolecular Hbond substituents is 1. The van der Waals surface area contributed by atoms with Crippen LogP contribution in [-0.4, -0.2) is 35.4 Å². The summed E-state index contributed by atoms with van der Waals surface area (Å²) in [6, 6.07) is 8.47. The zero-order valence-electron chi connectivity index (χ0n) is 12.7. The summed E-state index contributed by atoms with van der Waals surface area (Å²) in [6.07, 6.45) is 0.125. The van der Waals surface area contributed by atoms with Crippen LogP contribution in [0.4, 0.5) is 0 Å². The fourth-order valence-corrected chi connectivity index (χ4v) is 2.28. The third kappa shape index (κ3) is 4.35. The Hall–Kier alpha value is -2.76. The maximum atomic E-state index is 11.3. The lowest BCUT2D eigenvalue weighted by Gasteiger charge is -2.11. The van der Waals surface area contributed by atoms with Gasteiger partial charge in [0, 0.05) is 12.0 Å². The number of aliphatic carboxylic acids is 1. The molecule has 0 aromatic heterocycles. The number of aryl methyl sites for hydroxylation is 1. The van der Waals surface area contributed by atoms with Crippen LogP contribution >= 0.6 is 0 Å². The lowest BCUT2D eigenvalue weighted by molar-refractivity contribution is -0.145. The second-order valence-corrected chi connectivity index (χ2v) is 4.93. The smallest absolute Gasteiger partial charge is 0.344 e. The van der Waals surface area contributed by atoms with Gasteiger partial charge < -0.3 is 19.7 Å². The van der Waals surface area contributed by atoms with E-state index in [9.17, 15) is 14.7 Å². The van der Waals surface area contributed by atoms with Gasteiger partial charge in [-0.2, -0.15) is 0 Å². The van der Waals surface area contributed by atoms with E-state index in [1.165, 1.54) is 0 Å². The Bertz CT molecular complexity index is 722. The van der Waals surface area contributed by atoms with Crippen LogP contribution in [0.5, 0.6) is 11.5 Å². The maximum absolute atomic E-state index is 11.3. The highest BCUT2D eigenvalue weighted by Gasteiger charge is 2.11. The molecular weight excluding hydrogens is 300 g/mol. The van der Waals surface area contributed by atoms with E-state index in [2.05, 4.69) is 0 Å². The van der Waals surface area contributed by atoms with Gasteiger partial charge in [0.05, 0.1) is 6.61 Å². The van der Waals surface area contributed by atoms with Crippen molar-refractivity contribution in [3.05, 3.63) is 35.9 Å². The molecule has 0 fully saturated rings. The summed E-state index contributed by atoms with van der Waals surface area (Å²) in [6.45, 7) is 1.79. The van der Waals surface area contributed by atoms with Crippen molar-refractivity contribution in [1.29, 1.82) is 0 Å². The summed E-state index contributed by atoms with van der Waals surface area (Å²) in [5.41, 5.74) is 0.548. The number of carbonyl (C=O) groups is 2. The van der Waals surface area contributed by atoms with E-state index >= 15 is 0 Å². The topological polar surface area (TPSA) is 93.1 Å². The molecule has 0 aliphatic heterocycles. The van der Waals surface area contributed by atoms with Crippen LogP contribution in [0, 0.1) is 0 Å². The summed E-state index contributed by atoms with van der Waals surface area (Å²) >= 11 is 0. The zero-order valence-corrected chi connectivity index (χ0v) is 12.7. The molecule has 2 rings (SSSR count). The van der Waals surface area contributed by atoms with Crippen LogP contribution in [0.2, 0.25) is 0 Å². The van der Waals surface area contributed by atoms with Gasteiger partial charge in [0.15, 0.2) is 6.61 Å². The Morgan fingerprint density at radius 2 is 1.91 bits per heavy atom. The highest BCUT2D eigenvalue weighted by molar-refractivity contribution is 5.89. The summed E-state index contributed by atoms with van der Waals surface area (Å²) in [5, 5.41) is 20.4. The van der Waals surface area contributed by atoms with Crippen LogP contribution in [0.3, 0.4) is 0 Å².